The van der Waals surface area contributed by atoms with Crippen molar-refractivity contribution in [2.45, 2.75) is 33.0 Å². The molecule has 0 aliphatic carbocycles. The fourth-order valence-electron chi connectivity index (χ4n) is 1.73. The summed E-state index contributed by atoms with van der Waals surface area (Å²) < 4.78 is 10.2. The first-order valence-electron chi connectivity index (χ1n) is 7.23. The van der Waals surface area contributed by atoms with Crippen LogP contribution in [0.15, 0.2) is 30.4 Å². The molecule has 1 atom stereocenters. The van der Waals surface area contributed by atoms with Crippen LogP contribution in [0, 0.1) is 0 Å². The molecule has 0 aromatic heterocycles. The second kappa shape index (κ2) is 7.61. The van der Waals surface area contributed by atoms with E-state index in [0.29, 0.717) is 0 Å². The monoisotopic (exact) mass is 350 g/mol. The Hall–Kier alpha value is -3.16. The first kappa shape index (κ1) is 19.9. The molecule has 0 saturated heterocycles. The van der Waals surface area contributed by atoms with Gasteiger partial charge in [-0.1, -0.05) is 13.5 Å². The van der Waals surface area contributed by atoms with Gasteiger partial charge in [-0.05, 0) is 25.1 Å². The van der Waals surface area contributed by atoms with E-state index in [1.807, 2.05) is 0 Å². The number of hydrogen-bond donors (Lipinski definition) is 2. The zero-order valence-corrected chi connectivity index (χ0v) is 14.0. The van der Waals surface area contributed by atoms with Crippen molar-refractivity contribution in [3.05, 3.63) is 47.0 Å². The Kier molecular flexibility index (Phi) is 6.05. The third kappa shape index (κ3) is 4.90. The molecule has 1 unspecified atom stereocenters. The van der Waals surface area contributed by atoms with Crippen LogP contribution in [0.5, 0.6) is 0 Å². The van der Waals surface area contributed by atoms with Crippen molar-refractivity contribution >= 4 is 23.9 Å². The minimum Gasteiger partial charge on any atom is -0.478 e. The van der Waals surface area contributed by atoms with Gasteiger partial charge in [-0.25, -0.2) is 19.2 Å². The van der Waals surface area contributed by atoms with E-state index in [0.717, 1.165) is 18.2 Å². The second-order valence-electron chi connectivity index (χ2n) is 5.42. The first-order chi connectivity index (χ1) is 11.5. The number of carbonyl (C=O) groups excluding carboxylic acids is 2. The quantitative estimate of drug-likeness (QED) is 0.436. The van der Waals surface area contributed by atoms with Gasteiger partial charge in [0, 0.05) is 18.9 Å². The number of benzene rings is 1. The molecule has 8 heteroatoms. The topological polar surface area (TPSA) is 127 Å². The summed E-state index contributed by atoms with van der Waals surface area (Å²) in [5.41, 5.74) is -1.08. The van der Waals surface area contributed by atoms with Gasteiger partial charge in [0.1, 0.15) is 0 Å². The van der Waals surface area contributed by atoms with E-state index in [1.165, 1.54) is 13.8 Å². The van der Waals surface area contributed by atoms with Crippen molar-refractivity contribution in [1.82, 2.24) is 0 Å². The lowest BCUT2D eigenvalue weighted by atomic mass is 10.0. The highest BCUT2D eigenvalue weighted by molar-refractivity contribution is 6.04. The summed E-state index contributed by atoms with van der Waals surface area (Å²) in [6.45, 7) is 7.80. The largest absolute Gasteiger partial charge is 0.478 e. The van der Waals surface area contributed by atoms with Crippen LogP contribution in [-0.4, -0.2) is 39.9 Å². The summed E-state index contributed by atoms with van der Waals surface area (Å²) in [6, 6.07) is 2.96. The predicted octanol–water partition coefficient (Wildman–Crippen LogP) is 2.49. The first-order valence-corrected chi connectivity index (χ1v) is 7.23. The highest BCUT2D eigenvalue weighted by atomic mass is 16.7. The number of esters is 2. The number of ether oxygens (including phenoxy) is 2. The molecule has 25 heavy (non-hydrogen) atoms. The molecule has 0 heterocycles. The van der Waals surface area contributed by atoms with E-state index in [4.69, 9.17) is 14.6 Å². The number of aromatic carboxylic acids is 2. The Balaban J connectivity index is 3.17. The number of carboxylic acids is 2. The molecule has 1 rings (SSSR count). The minimum atomic E-state index is -1.63. The normalized spacial score (nSPS) is 12.6. The molecule has 1 aromatic carbocycles. The van der Waals surface area contributed by atoms with Crippen LogP contribution < -0.4 is 0 Å². The zero-order valence-electron chi connectivity index (χ0n) is 14.0. The van der Waals surface area contributed by atoms with Gasteiger partial charge in [0.05, 0.1) is 16.7 Å². The lowest BCUT2D eigenvalue weighted by molar-refractivity contribution is -0.199. The molecule has 0 amide bonds. The van der Waals surface area contributed by atoms with Crippen LogP contribution in [0.25, 0.3) is 0 Å². The molecular formula is C17H18O8. The number of carboxylic acid groups (broad SMARTS) is 2. The van der Waals surface area contributed by atoms with E-state index in [2.05, 4.69) is 6.58 Å². The highest BCUT2D eigenvalue weighted by Crippen LogP contribution is 2.23. The molecular weight excluding hydrogens is 332 g/mol. The number of hydrogen-bond acceptors (Lipinski definition) is 6. The second-order valence-corrected chi connectivity index (χ2v) is 5.42. The average Bonchev–Trinajstić information content (AvgIpc) is 2.53. The summed E-state index contributed by atoms with van der Waals surface area (Å²) >= 11 is 0. The Morgan fingerprint density at radius 3 is 2.12 bits per heavy atom. The summed E-state index contributed by atoms with van der Waals surface area (Å²) in [5.74, 6) is -6.29. The van der Waals surface area contributed by atoms with Crippen molar-refractivity contribution in [2.75, 3.05) is 0 Å². The zero-order chi connectivity index (χ0) is 19.4. The van der Waals surface area contributed by atoms with Gasteiger partial charge >= 0.3 is 23.9 Å². The molecule has 134 valence electrons. The average molecular weight is 350 g/mol. The maximum absolute atomic E-state index is 12.3. The van der Waals surface area contributed by atoms with Crippen molar-refractivity contribution in [3.63, 3.8) is 0 Å². The molecule has 0 bridgehead atoms. The van der Waals surface area contributed by atoms with Crippen molar-refractivity contribution in [1.29, 1.82) is 0 Å². The van der Waals surface area contributed by atoms with Crippen LogP contribution >= 0.6 is 0 Å². The molecule has 0 aliphatic rings. The maximum Gasteiger partial charge on any atom is 0.342 e. The van der Waals surface area contributed by atoms with E-state index in [-0.39, 0.29) is 23.1 Å². The lowest BCUT2D eigenvalue weighted by Gasteiger charge is -2.28. The predicted molar refractivity (Wildman–Crippen MR) is 85.4 cm³/mol. The van der Waals surface area contributed by atoms with Gasteiger partial charge in [-0.3, -0.25) is 0 Å². The van der Waals surface area contributed by atoms with Crippen molar-refractivity contribution < 1.29 is 38.9 Å². The van der Waals surface area contributed by atoms with E-state index in [1.54, 1.807) is 6.92 Å². The van der Waals surface area contributed by atoms with Crippen LogP contribution in [0.1, 0.15) is 58.3 Å². The summed E-state index contributed by atoms with van der Waals surface area (Å²) in [7, 11) is 0. The van der Waals surface area contributed by atoms with Crippen LogP contribution in [0.4, 0.5) is 0 Å². The Labute approximate surface area is 143 Å². The third-order valence-corrected chi connectivity index (χ3v) is 3.32. The number of carbonyl (C=O) groups is 4. The van der Waals surface area contributed by atoms with Crippen molar-refractivity contribution in [2.24, 2.45) is 0 Å². The standard InChI is InChI=1S/C17H18O8/c1-5-17(4,24-15(22)9(2)3)25-16(23)11-7-6-10(13(18)19)8-12(11)14(20)21/h6-8H,2,5H2,1,3-4H3,(H,18,19)(H,20,21). The van der Waals surface area contributed by atoms with Gasteiger partial charge in [-0.2, -0.15) is 0 Å². The van der Waals surface area contributed by atoms with Crippen LogP contribution in [0.3, 0.4) is 0 Å². The molecule has 0 radical (unpaired) electrons. The third-order valence-electron chi connectivity index (χ3n) is 3.32. The van der Waals surface area contributed by atoms with Crippen LogP contribution in [0.2, 0.25) is 0 Å². The molecule has 0 fully saturated rings. The van der Waals surface area contributed by atoms with E-state index in [9.17, 15) is 24.3 Å². The van der Waals surface area contributed by atoms with Gasteiger partial charge in [0.25, 0.3) is 5.79 Å². The molecule has 8 nitrogen and oxygen atoms in total. The van der Waals surface area contributed by atoms with Gasteiger partial charge in [-0.15, -0.1) is 0 Å². The smallest absolute Gasteiger partial charge is 0.342 e. The maximum atomic E-state index is 12.3. The minimum absolute atomic E-state index is 0.104. The van der Waals surface area contributed by atoms with Crippen LogP contribution in [-0.2, 0) is 14.3 Å². The highest BCUT2D eigenvalue weighted by Gasteiger charge is 2.33. The van der Waals surface area contributed by atoms with Gasteiger partial charge < -0.3 is 19.7 Å². The number of rotatable bonds is 7. The van der Waals surface area contributed by atoms with E-state index >= 15 is 0 Å². The molecule has 2 N–H and O–H groups in total. The molecule has 0 spiro atoms. The summed E-state index contributed by atoms with van der Waals surface area (Å²) in [4.78, 5) is 46.2. The SMILES string of the molecule is C=C(C)C(=O)OC(C)(CC)OC(=O)c1ccc(C(=O)O)cc1C(=O)O. The lowest BCUT2D eigenvalue weighted by Crippen LogP contribution is -2.37. The fraction of sp³-hybridized carbons (Fsp3) is 0.294. The summed E-state index contributed by atoms with van der Waals surface area (Å²) in [6.07, 6.45) is 0.105. The Morgan fingerprint density at radius 1 is 1.08 bits per heavy atom. The Bertz CT molecular complexity index is 749. The Morgan fingerprint density at radius 2 is 1.68 bits per heavy atom. The molecule has 0 aliphatic heterocycles. The molecule has 1 aromatic rings. The fourth-order valence-corrected chi connectivity index (χ4v) is 1.73. The van der Waals surface area contributed by atoms with Gasteiger partial charge in [0.2, 0.25) is 0 Å². The van der Waals surface area contributed by atoms with Crippen molar-refractivity contribution in [3.8, 4) is 0 Å². The van der Waals surface area contributed by atoms with E-state index < -0.39 is 35.2 Å². The molecule has 0 saturated carbocycles. The summed E-state index contributed by atoms with van der Waals surface area (Å²) in [5, 5.41) is 18.1. The van der Waals surface area contributed by atoms with Gasteiger partial charge in [0.15, 0.2) is 0 Å².